The van der Waals surface area contributed by atoms with Gasteiger partial charge in [0, 0.05) is 6.54 Å². The number of nitrogens with one attached hydrogen (secondary N) is 1. The molecule has 0 saturated heterocycles. The molecule has 1 amide bonds. The van der Waals surface area contributed by atoms with Gasteiger partial charge in [0.1, 0.15) is 11.4 Å². The normalized spacial score (nSPS) is 16.9. The van der Waals surface area contributed by atoms with Gasteiger partial charge in [-0.25, -0.2) is 4.79 Å². The van der Waals surface area contributed by atoms with E-state index in [1.807, 2.05) is 56.3 Å². The molecule has 0 bridgehead atoms. The molecule has 4 heteroatoms. The minimum Gasteiger partial charge on any atom is -0.508 e. The minimum absolute atomic E-state index is 0.339. The van der Waals surface area contributed by atoms with Crippen molar-refractivity contribution in [3.63, 3.8) is 0 Å². The van der Waals surface area contributed by atoms with Crippen LogP contribution in [0.3, 0.4) is 0 Å². The lowest BCUT2D eigenvalue weighted by Crippen LogP contribution is -2.36. The van der Waals surface area contributed by atoms with Gasteiger partial charge in [-0.05, 0) is 80.7 Å². The predicted octanol–water partition coefficient (Wildman–Crippen LogP) is 4.98. The van der Waals surface area contributed by atoms with E-state index in [1.54, 1.807) is 6.07 Å². The maximum Gasteiger partial charge on any atom is 0.407 e. The van der Waals surface area contributed by atoms with E-state index < -0.39 is 5.60 Å². The average molecular weight is 367 g/mol. The van der Waals surface area contributed by atoms with Gasteiger partial charge < -0.3 is 15.2 Å². The summed E-state index contributed by atoms with van der Waals surface area (Å²) in [5, 5.41) is 12.5. The number of rotatable bonds is 5. The third-order valence-electron chi connectivity index (χ3n) is 5.19. The summed E-state index contributed by atoms with van der Waals surface area (Å²) in [5.74, 6) is 0.804. The summed E-state index contributed by atoms with van der Waals surface area (Å²) in [5.41, 5.74) is 3.08. The number of alkyl carbamates (subject to hydrolysis) is 1. The van der Waals surface area contributed by atoms with E-state index in [9.17, 15) is 9.90 Å². The molecule has 144 valence electrons. The highest BCUT2D eigenvalue weighted by Gasteiger charge is 2.29. The maximum absolute atomic E-state index is 12.2. The topological polar surface area (TPSA) is 58.6 Å². The van der Waals surface area contributed by atoms with Gasteiger partial charge in [0.2, 0.25) is 0 Å². The molecule has 2 N–H and O–H groups in total. The number of amides is 1. The fourth-order valence-corrected chi connectivity index (χ4v) is 4.01. The van der Waals surface area contributed by atoms with Crippen LogP contribution in [-0.2, 0) is 24.1 Å². The summed E-state index contributed by atoms with van der Waals surface area (Å²) in [4.78, 5) is 12.2. The van der Waals surface area contributed by atoms with Crippen molar-refractivity contribution in [1.29, 1.82) is 0 Å². The zero-order valence-corrected chi connectivity index (χ0v) is 16.2. The van der Waals surface area contributed by atoms with Gasteiger partial charge in [-0.2, -0.15) is 0 Å². The molecular formula is C23H29NO3. The van der Waals surface area contributed by atoms with E-state index in [2.05, 4.69) is 5.32 Å². The zero-order chi connectivity index (χ0) is 19.3. The highest BCUT2D eigenvalue weighted by atomic mass is 16.6. The highest BCUT2D eigenvalue weighted by Crippen LogP contribution is 2.32. The Morgan fingerprint density at radius 3 is 2.74 bits per heavy atom. The second kappa shape index (κ2) is 8.47. The molecule has 27 heavy (non-hydrogen) atoms. The molecule has 0 heterocycles. The van der Waals surface area contributed by atoms with E-state index in [-0.39, 0.29) is 6.09 Å². The summed E-state index contributed by atoms with van der Waals surface area (Å²) in [6, 6.07) is 15.5. The fourth-order valence-electron chi connectivity index (χ4n) is 4.01. The lowest BCUT2D eigenvalue weighted by atomic mass is 9.86. The summed E-state index contributed by atoms with van der Waals surface area (Å²) in [7, 11) is 0. The van der Waals surface area contributed by atoms with Gasteiger partial charge in [-0.15, -0.1) is 0 Å². The molecule has 0 aromatic heterocycles. The Labute approximate surface area is 161 Å². The minimum atomic E-state index is -0.521. The summed E-state index contributed by atoms with van der Waals surface area (Å²) < 4.78 is 5.72. The standard InChI is InChI=1S/C23H29NO3/c1-23(2,27-22(26)24-16-17-7-4-3-5-8-17)15-18-9-6-10-19-14-21(25)12-11-20(19)13-18/h3-5,7-8,11-12,14,18,25H,6,9-10,13,15-16H2,1-2H3,(H,24,26). The second-order valence-corrected chi connectivity index (χ2v) is 8.11. The van der Waals surface area contributed by atoms with Crippen molar-refractivity contribution >= 4 is 6.09 Å². The molecule has 2 aromatic rings. The van der Waals surface area contributed by atoms with Crippen molar-refractivity contribution in [2.24, 2.45) is 5.92 Å². The van der Waals surface area contributed by atoms with Crippen molar-refractivity contribution < 1.29 is 14.6 Å². The molecule has 0 aliphatic heterocycles. The van der Waals surface area contributed by atoms with Gasteiger partial charge in [0.05, 0.1) is 0 Å². The van der Waals surface area contributed by atoms with Crippen molar-refractivity contribution in [2.45, 2.75) is 58.1 Å². The molecule has 1 atom stereocenters. The number of hydrogen-bond donors (Lipinski definition) is 2. The van der Waals surface area contributed by atoms with Gasteiger partial charge in [-0.1, -0.05) is 36.4 Å². The fraction of sp³-hybridized carbons (Fsp3) is 0.435. The summed E-state index contributed by atoms with van der Waals surface area (Å²) in [6.45, 7) is 4.44. The first kappa shape index (κ1) is 19.3. The molecule has 1 aliphatic rings. The van der Waals surface area contributed by atoms with E-state index in [1.165, 1.54) is 11.1 Å². The van der Waals surface area contributed by atoms with E-state index >= 15 is 0 Å². The molecule has 0 fully saturated rings. The lowest BCUT2D eigenvalue weighted by molar-refractivity contribution is 0.0195. The quantitative estimate of drug-likeness (QED) is 0.733. The van der Waals surface area contributed by atoms with Crippen molar-refractivity contribution in [3.05, 3.63) is 65.2 Å². The smallest absolute Gasteiger partial charge is 0.407 e. The van der Waals surface area contributed by atoms with Crippen molar-refractivity contribution in [1.82, 2.24) is 5.32 Å². The number of hydrogen-bond acceptors (Lipinski definition) is 3. The second-order valence-electron chi connectivity index (χ2n) is 8.11. The number of aromatic hydroxyl groups is 1. The Morgan fingerprint density at radius 2 is 1.96 bits per heavy atom. The van der Waals surface area contributed by atoms with Crippen LogP contribution < -0.4 is 5.32 Å². The highest BCUT2D eigenvalue weighted by molar-refractivity contribution is 5.67. The third kappa shape index (κ3) is 5.75. The summed E-state index contributed by atoms with van der Waals surface area (Å²) in [6.07, 6.45) is 4.62. The summed E-state index contributed by atoms with van der Waals surface area (Å²) >= 11 is 0. The number of phenolic OH excluding ortho intramolecular Hbond substituents is 1. The van der Waals surface area contributed by atoms with Gasteiger partial charge in [0.15, 0.2) is 0 Å². The van der Waals surface area contributed by atoms with Crippen LogP contribution in [0, 0.1) is 5.92 Å². The number of carbonyl (C=O) groups excluding carboxylic acids is 1. The largest absolute Gasteiger partial charge is 0.508 e. The first-order chi connectivity index (χ1) is 12.9. The molecule has 3 rings (SSSR count). The van der Waals surface area contributed by atoms with Gasteiger partial charge in [-0.3, -0.25) is 0 Å². The van der Waals surface area contributed by atoms with Crippen molar-refractivity contribution in [3.8, 4) is 5.75 Å². The van der Waals surface area contributed by atoms with E-state index in [4.69, 9.17) is 4.74 Å². The van der Waals surface area contributed by atoms with Crippen LogP contribution >= 0.6 is 0 Å². The van der Waals surface area contributed by atoms with Gasteiger partial charge in [0.25, 0.3) is 0 Å². The Morgan fingerprint density at radius 1 is 1.19 bits per heavy atom. The number of aryl methyl sites for hydroxylation is 1. The number of fused-ring (bicyclic) bond motifs is 1. The molecule has 1 aliphatic carbocycles. The van der Waals surface area contributed by atoms with Gasteiger partial charge >= 0.3 is 6.09 Å². The third-order valence-corrected chi connectivity index (χ3v) is 5.19. The number of phenols is 1. The Bertz CT molecular complexity index is 770. The Kier molecular flexibility index (Phi) is 6.04. The van der Waals surface area contributed by atoms with Crippen LogP contribution in [0.5, 0.6) is 5.75 Å². The first-order valence-electron chi connectivity index (χ1n) is 9.73. The first-order valence-corrected chi connectivity index (χ1v) is 9.73. The number of carbonyl (C=O) groups is 1. The van der Waals surface area contributed by atoms with Crippen LogP contribution in [0.1, 0.15) is 49.8 Å². The molecule has 0 saturated carbocycles. The van der Waals surface area contributed by atoms with Crippen LogP contribution in [0.2, 0.25) is 0 Å². The van der Waals surface area contributed by atoms with Crippen LogP contribution in [0.25, 0.3) is 0 Å². The molecular weight excluding hydrogens is 338 g/mol. The Balaban J connectivity index is 1.54. The van der Waals surface area contributed by atoms with Crippen LogP contribution in [-0.4, -0.2) is 16.8 Å². The monoisotopic (exact) mass is 367 g/mol. The van der Waals surface area contributed by atoms with E-state index in [0.29, 0.717) is 18.2 Å². The van der Waals surface area contributed by atoms with Crippen molar-refractivity contribution in [2.75, 3.05) is 0 Å². The van der Waals surface area contributed by atoms with Crippen LogP contribution in [0.15, 0.2) is 48.5 Å². The molecule has 1 unspecified atom stereocenters. The van der Waals surface area contributed by atoms with E-state index in [0.717, 1.165) is 37.7 Å². The van der Waals surface area contributed by atoms with Crippen LogP contribution in [0.4, 0.5) is 4.79 Å². The molecule has 0 spiro atoms. The Hall–Kier alpha value is -2.49. The number of ether oxygens (including phenoxy) is 1. The molecule has 0 radical (unpaired) electrons. The lowest BCUT2D eigenvalue weighted by Gasteiger charge is -2.29. The SMILES string of the molecule is CC(C)(CC1CCCc2cc(O)ccc2C1)OC(=O)NCc1ccccc1. The zero-order valence-electron chi connectivity index (χ0n) is 16.2. The molecule has 4 nitrogen and oxygen atoms in total. The molecule has 2 aromatic carbocycles. The maximum atomic E-state index is 12.2. The average Bonchev–Trinajstić information content (AvgIpc) is 2.81. The predicted molar refractivity (Wildman–Crippen MR) is 107 cm³/mol. The number of benzene rings is 2.